The molecule has 0 saturated carbocycles. The first kappa shape index (κ1) is 17.4. The molecule has 5 nitrogen and oxygen atoms in total. The maximum atomic E-state index is 13.9. The molecule has 0 radical (unpaired) electrons. The Morgan fingerprint density at radius 2 is 1.78 bits per heavy atom. The van der Waals surface area contributed by atoms with Crippen LogP contribution in [-0.2, 0) is 6.54 Å². The Labute approximate surface area is 157 Å². The molecule has 3 heterocycles. The summed E-state index contributed by atoms with van der Waals surface area (Å²) < 4.78 is 19.5. The van der Waals surface area contributed by atoms with Gasteiger partial charge in [-0.2, -0.15) is 0 Å². The number of rotatable bonds is 4. The maximum Gasteiger partial charge on any atom is 0.289 e. The van der Waals surface area contributed by atoms with E-state index in [1.807, 2.05) is 18.2 Å². The van der Waals surface area contributed by atoms with Gasteiger partial charge < -0.3 is 9.32 Å². The highest BCUT2D eigenvalue weighted by molar-refractivity contribution is 5.92. The molecular weight excluding hydrogens is 345 g/mol. The Morgan fingerprint density at radius 1 is 1.00 bits per heavy atom. The molecule has 0 aliphatic carbocycles. The summed E-state index contributed by atoms with van der Waals surface area (Å²) in [5.74, 6) is 0.0840. The summed E-state index contributed by atoms with van der Waals surface area (Å²) in [4.78, 5) is 21.1. The van der Waals surface area contributed by atoms with Gasteiger partial charge in [0.15, 0.2) is 5.76 Å². The quantitative estimate of drug-likeness (QED) is 0.711. The SMILES string of the molecule is O=C(c1ccc(-c2ccccc2F)o1)N1CCN(Cc2ccccn2)CC1. The van der Waals surface area contributed by atoms with Crippen molar-refractivity contribution in [1.29, 1.82) is 0 Å². The average molecular weight is 365 g/mol. The number of pyridine rings is 1. The van der Waals surface area contributed by atoms with E-state index in [0.29, 0.717) is 24.4 Å². The van der Waals surface area contributed by atoms with Crippen LogP contribution in [0.3, 0.4) is 0 Å². The molecule has 138 valence electrons. The first-order valence-electron chi connectivity index (χ1n) is 8.97. The fourth-order valence-electron chi connectivity index (χ4n) is 3.24. The van der Waals surface area contributed by atoms with Crippen LogP contribution in [0.25, 0.3) is 11.3 Å². The molecule has 1 aromatic carbocycles. The van der Waals surface area contributed by atoms with Gasteiger partial charge in [0.2, 0.25) is 0 Å². The van der Waals surface area contributed by atoms with Crippen molar-refractivity contribution in [2.75, 3.05) is 26.2 Å². The fourth-order valence-corrected chi connectivity index (χ4v) is 3.24. The third-order valence-corrected chi connectivity index (χ3v) is 4.73. The van der Waals surface area contributed by atoms with Gasteiger partial charge in [-0.15, -0.1) is 0 Å². The van der Waals surface area contributed by atoms with Gasteiger partial charge >= 0.3 is 0 Å². The lowest BCUT2D eigenvalue weighted by Gasteiger charge is -2.34. The van der Waals surface area contributed by atoms with E-state index in [9.17, 15) is 9.18 Å². The van der Waals surface area contributed by atoms with Crippen molar-refractivity contribution in [3.8, 4) is 11.3 Å². The zero-order valence-electron chi connectivity index (χ0n) is 14.8. The monoisotopic (exact) mass is 365 g/mol. The lowest BCUT2D eigenvalue weighted by Crippen LogP contribution is -2.48. The number of benzene rings is 1. The number of carbonyl (C=O) groups is 1. The summed E-state index contributed by atoms with van der Waals surface area (Å²) in [7, 11) is 0. The second-order valence-electron chi connectivity index (χ2n) is 6.53. The molecule has 3 aromatic rings. The number of halogens is 1. The molecule has 0 spiro atoms. The summed E-state index contributed by atoms with van der Waals surface area (Å²) in [6.07, 6.45) is 1.79. The van der Waals surface area contributed by atoms with Crippen molar-refractivity contribution < 1.29 is 13.6 Å². The van der Waals surface area contributed by atoms with Gasteiger partial charge in [0, 0.05) is 38.9 Å². The Morgan fingerprint density at radius 3 is 2.52 bits per heavy atom. The van der Waals surface area contributed by atoms with Crippen molar-refractivity contribution in [2.24, 2.45) is 0 Å². The number of furan rings is 1. The highest BCUT2D eigenvalue weighted by atomic mass is 19.1. The van der Waals surface area contributed by atoms with Crippen LogP contribution in [0.4, 0.5) is 4.39 Å². The predicted octanol–water partition coefficient (Wildman–Crippen LogP) is 3.44. The van der Waals surface area contributed by atoms with Crippen molar-refractivity contribution in [2.45, 2.75) is 6.54 Å². The van der Waals surface area contributed by atoms with Crippen LogP contribution >= 0.6 is 0 Å². The molecule has 1 aliphatic heterocycles. The second kappa shape index (κ2) is 7.72. The number of piperazine rings is 1. The van der Waals surface area contributed by atoms with Crippen LogP contribution in [0, 0.1) is 5.82 Å². The summed E-state index contributed by atoms with van der Waals surface area (Å²) in [6, 6.07) is 15.5. The van der Waals surface area contributed by atoms with Crippen LogP contribution < -0.4 is 0 Å². The first-order chi connectivity index (χ1) is 13.2. The van der Waals surface area contributed by atoms with Crippen molar-refractivity contribution in [1.82, 2.24) is 14.8 Å². The zero-order valence-corrected chi connectivity index (χ0v) is 14.8. The molecule has 4 rings (SSSR count). The first-order valence-corrected chi connectivity index (χ1v) is 8.97. The number of aromatic nitrogens is 1. The molecular formula is C21H20FN3O2. The molecule has 1 amide bonds. The van der Waals surface area contributed by atoms with Gasteiger partial charge in [0.05, 0.1) is 11.3 Å². The van der Waals surface area contributed by atoms with E-state index in [0.717, 1.165) is 25.3 Å². The van der Waals surface area contributed by atoms with Crippen LogP contribution in [0.1, 0.15) is 16.2 Å². The third kappa shape index (κ3) is 3.90. The summed E-state index contributed by atoms with van der Waals surface area (Å²) >= 11 is 0. The van der Waals surface area contributed by atoms with Gasteiger partial charge in [0.1, 0.15) is 11.6 Å². The fraction of sp³-hybridized carbons (Fsp3) is 0.238. The Kier molecular flexibility index (Phi) is 4.98. The standard InChI is InChI=1S/C21H20FN3O2/c22-18-7-2-1-6-17(18)19-8-9-20(27-19)21(26)25-13-11-24(12-14-25)15-16-5-3-4-10-23-16/h1-10H,11-15H2. The Bertz CT molecular complexity index is 918. The number of amides is 1. The normalized spacial score (nSPS) is 15.1. The minimum absolute atomic E-state index is 0.157. The molecule has 0 N–H and O–H groups in total. The second-order valence-corrected chi connectivity index (χ2v) is 6.53. The van der Waals surface area contributed by atoms with E-state index in [2.05, 4.69) is 9.88 Å². The molecule has 27 heavy (non-hydrogen) atoms. The van der Waals surface area contributed by atoms with E-state index < -0.39 is 0 Å². The average Bonchev–Trinajstić information content (AvgIpc) is 3.19. The third-order valence-electron chi connectivity index (χ3n) is 4.73. The highest BCUT2D eigenvalue weighted by Gasteiger charge is 2.25. The van der Waals surface area contributed by atoms with Gasteiger partial charge in [-0.3, -0.25) is 14.7 Å². The van der Waals surface area contributed by atoms with Gasteiger partial charge in [0.25, 0.3) is 5.91 Å². The molecule has 1 fully saturated rings. The van der Waals surface area contributed by atoms with Crippen molar-refractivity contribution in [3.63, 3.8) is 0 Å². The smallest absolute Gasteiger partial charge is 0.289 e. The number of nitrogens with zero attached hydrogens (tertiary/aromatic N) is 3. The van der Waals surface area contributed by atoms with E-state index in [1.165, 1.54) is 6.07 Å². The molecule has 1 saturated heterocycles. The minimum atomic E-state index is -0.367. The number of hydrogen-bond acceptors (Lipinski definition) is 4. The van der Waals surface area contributed by atoms with E-state index in [1.54, 1.807) is 41.4 Å². The van der Waals surface area contributed by atoms with Crippen molar-refractivity contribution >= 4 is 5.91 Å². The Hall–Kier alpha value is -2.99. The van der Waals surface area contributed by atoms with E-state index in [4.69, 9.17) is 4.42 Å². The number of carbonyl (C=O) groups excluding carboxylic acids is 1. The molecule has 6 heteroatoms. The molecule has 0 bridgehead atoms. The number of hydrogen-bond donors (Lipinski definition) is 0. The largest absolute Gasteiger partial charge is 0.451 e. The summed E-state index contributed by atoms with van der Waals surface area (Å²) in [5, 5.41) is 0. The van der Waals surface area contributed by atoms with Crippen LogP contribution in [0.5, 0.6) is 0 Å². The highest BCUT2D eigenvalue weighted by Crippen LogP contribution is 2.25. The van der Waals surface area contributed by atoms with Gasteiger partial charge in [-0.25, -0.2) is 4.39 Å². The van der Waals surface area contributed by atoms with Crippen LogP contribution in [-0.4, -0.2) is 46.9 Å². The van der Waals surface area contributed by atoms with E-state index >= 15 is 0 Å². The predicted molar refractivity (Wildman–Crippen MR) is 99.5 cm³/mol. The van der Waals surface area contributed by atoms with Crippen LogP contribution in [0.15, 0.2) is 65.2 Å². The summed E-state index contributed by atoms with van der Waals surface area (Å²) in [5.41, 5.74) is 1.38. The van der Waals surface area contributed by atoms with Gasteiger partial charge in [-0.1, -0.05) is 18.2 Å². The van der Waals surface area contributed by atoms with Crippen molar-refractivity contribution in [3.05, 3.63) is 78.1 Å². The van der Waals surface area contributed by atoms with Crippen LogP contribution in [0.2, 0.25) is 0 Å². The zero-order chi connectivity index (χ0) is 18.6. The molecule has 1 aliphatic rings. The van der Waals surface area contributed by atoms with E-state index in [-0.39, 0.29) is 17.5 Å². The Balaban J connectivity index is 1.38. The lowest BCUT2D eigenvalue weighted by atomic mass is 10.1. The lowest BCUT2D eigenvalue weighted by molar-refractivity contribution is 0.0597. The molecule has 0 atom stereocenters. The molecule has 0 unspecified atom stereocenters. The molecule has 2 aromatic heterocycles. The van der Waals surface area contributed by atoms with Gasteiger partial charge in [-0.05, 0) is 36.4 Å². The topological polar surface area (TPSA) is 49.6 Å². The summed E-state index contributed by atoms with van der Waals surface area (Å²) in [6.45, 7) is 3.59. The maximum absolute atomic E-state index is 13.9. The minimum Gasteiger partial charge on any atom is -0.451 e.